The van der Waals surface area contributed by atoms with Crippen LogP contribution < -0.4 is 15.4 Å². The van der Waals surface area contributed by atoms with E-state index in [4.69, 9.17) is 27.9 Å². The molecule has 3 rings (SSSR count). The van der Waals surface area contributed by atoms with Crippen LogP contribution in [-0.2, 0) is 0 Å². The van der Waals surface area contributed by atoms with Gasteiger partial charge in [0.2, 0.25) is 0 Å². The van der Waals surface area contributed by atoms with Crippen molar-refractivity contribution in [3.8, 4) is 5.75 Å². The number of hydrogen-bond donors (Lipinski definition) is 2. The predicted molar refractivity (Wildman–Crippen MR) is 105 cm³/mol. The van der Waals surface area contributed by atoms with Crippen molar-refractivity contribution in [3.63, 3.8) is 0 Å². The van der Waals surface area contributed by atoms with E-state index in [1.165, 1.54) is 6.20 Å². The fourth-order valence-corrected chi connectivity index (χ4v) is 2.67. The normalized spacial score (nSPS) is 10.3. The molecule has 2 N–H and O–H groups in total. The molecule has 1 aromatic heterocycles. The van der Waals surface area contributed by atoms with Crippen molar-refractivity contribution >= 4 is 46.3 Å². The number of rotatable bonds is 5. The summed E-state index contributed by atoms with van der Waals surface area (Å²) < 4.78 is 5.12. The Morgan fingerprint density at radius 1 is 1.04 bits per heavy atom. The molecule has 0 saturated heterocycles. The molecule has 0 aliphatic carbocycles. The van der Waals surface area contributed by atoms with Crippen molar-refractivity contribution in [2.75, 3.05) is 17.7 Å². The van der Waals surface area contributed by atoms with E-state index in [2.05, 4.69) is 15.6 Å². The first kappa shape index (κ1) is 18.0. The number of ether oxygens (including phenoxy) is 1. The van der Waals surface area contributed by atoms with Crippen LogP contribution in [0.1, 0.15) is 10.4 Å². The average molecular weight is 388 g/mol. The zero-order valence-corrected chi connectivity index (χ0v) is 15.3. The van der Waals surface area contributed by atoms with Crippen LogP contribution in [0.5, 0.6) is 5.75 Å². The highest BCUT2D eigenvalue weighted by Gasteiger charge is 2.09. The van der Waals surface area contributed by atoms with E-state index < -0.39 is 0 Å². The smallest absolute Gasteiger partial charge is 0.257 e. The Morgan fingerprint density at radius 2 is 1.81 bits per heavy atom. The average Bonchev–Trinajstić information content (AvgIpc) is 2.65. The van der Waals surface area contributed by atoms with E-state index in [1.54, 1.807) is 37.4 Å². The maximum Gasteiger partial charge on any atom is 0.257 e. The number of methoxy groups -OCH3 is 1. The van der Waals surface area contributed by atoms with E-state index in [0.29, 0.717) is 27.1 Å². The van der Waals surface area contributed by atoms with Crippen LogP contribution >= 0.6 is 23.2 Å². The molecule has 26 heavy (non-hydrogen) atoms. The Morgan fingerprint density at radius 3 is 2.42 bits per heavy atom. The topological polar surface area (TPSA) is 63.2 Å². The predicted octanol–water partition coefficient (Wildman–Crippen LogP) is 5.39. The molecule has 0 radical (unpaired) electrons. The molecule has 1 heterocycles. The molecule has 0 unspecified atom stereocenters. The van der Waals surface area contributed by atoms with Crippen LogP contribution in [0.3, 0.4) is 0 Å². The summed E-state index contributed by atoms with van der Waals surface area (Å²) in [5.74, 6) is 1.09. The molecule has 0 spiro atoms. The van der Waals surface area contributed by atoms with Gasteiger partial charge in [-0.15, -0.1) is 0 Å². The number of carbonyl (C=O) groups excluding carboxylic acids is 1. The number of nitrogens with zero attached hydrogens (tertiary/aromatic N) is 1. The van der Waals surface area contributed by atoms with Gasteiger partial charge in [-0.05, 0) is 54.6 Å². The molecule has 0 aliphatic rings. The number of carbonyl (C=O) groups is 1. The second-order valence-corrected chi connectivity index (χ2v) is 6.21. The molecule has 0 bridgehead atoms. The van der Waals surface area contributed by atoms with E-state index in [1.807, 2.05) is 24.3 Å². The number of aromatic nitrogens is 1. The van der Waals surface area contributed by atoms with Crippen molar-refractivity contribution < 1.29 is 9.53 Å². The molecule has 0 fully saturated rings. The molecular formula is C19H15Cl2N3O2. The lowest BCUT2D eigenvalue weighted by atomic mass is 10.2. The summed E-state index contributed by atoms with van der Waals surface area (Å²) in [6.07, 6.45) is 1.49. The minimum atomic E-state index is -0.308. The van der Waals surface area contributed by atoms with Gasteiger partial charge in [-0.1, -0.05) is 23.2 Å². The maximum absolute atomic E-state index is 12.3. The van der Waals surface area contributed by atoms with Crippen molar-refractivity contribution in [3.05, 3.63) is 76.4 Å². The number of amides is 1. The van der Waals surface area contributed by atoms with Gasteiger partial charge in [0.05, 0.1) is 23.4 Å². The van der Waals surface area contributed by atoms with Gasteiger partial charge in [-0.25, -0.2) is 4.98 Å². The van der Waals surface area contributed by atoms with E-state index >= 15 is 0 Å². The van der Waals surface area contributed by atoms with Crippen LogP contribution in [0.25, 0.3) is 0 Å². The number of pyridine rings is 1. The second kappa shape index (κ2) is 8.08. The second-order valence-electron chi connectivity index (χ2n) is 5.36. The van der Waals surface area contributed by atoms with Gasteiger partial charge in [-0.3, -0.25) is 4.79 Å². The number of nitrogens with one attached hydrogen (secondary N) is 2. The number of halogens is 2. The summed E-state index contributed by atoms with van der Waals surface area (Å²) in [4.78, 5) is 16.6. The summed E-state index contributed by atoms with van der Waals surface area (Å²) in [7, 11) is 1.62. The minimum Gasteiger partial charge on any atom is -0.497 e. The molecule has 5 nitrogen and oxygen atoms in total. The SMILES string of the molecule is COc1ccc(Nc2ccc(C(=O)Nc3ccc(Cl)cc3Cl)cn2)cc1. The van der Waals surface area contributed by atoms with Gasteiger partial charge >= 0.3 is 0 Å². The molecule has 2 aromatic carbocycles. The van der Waals surface area contributed by atoms with Crippen LogP contribution in [0.2, 0.25) is 10.0 Å². The van der Waals surface area contributed by atoms with Gasteiger partial charge in [-0.2, -0.15) is 0 Å². The lowest BCUT2D eigenvalue weighted by molar-refractivity contribution is 0.102. The summed E-state index contributed by atoms with van der Waals surface area (Å²) in [6, 6.07) is 15.7. The first-order valence-electron chi connectivity index (χ1n) is 7.69. The lowest BCUT2D eigenvalue weighted by Gasteiger charge is -2.09. The van der Waals surface area contributed by atoms with E-state index in [9.17, 15) is 4.79 Å². The van der Waals surface area contributed by atoms with Gasteiger partial charge < -0.3 is 15.4 Å². The zero-order valence-electron chi connectivity index (χ0n) is 13.8. The largest absolute Gasteiger partial charge is 0.497 e. The lowest BCUT2D eigenvalue weighted by Crippen LogP contribution is -2.12. The third-order valence-corrected chi connectivity index (χ3v) is 4.12. The highest BCUT2D eigenvalue weighted by Crippen LogP contribution is 2.26. The summed E-state index contributed by atoms with van der Waals surface area (Å²) in [5.41, 5.74) is 1.77. The molecule has 0 aliphatic heterocycles. The van der Waals surface area contributed by atoms with Crippen LogP contribution in [0.4, 0.5) is 17.2 Å². The Balaban J connectivity index is 1.67. The first-order chi connectivity index (χ1) is 12.5. The standard InChI is InChI=1S/C19H15Cl2N3O2/c1-26-15-6-4-14(5-7-15)23-18-9-2-12(11-22-18)19(25)24-17-8-3-13(20)10-16(17)21/h2-11H,1H3,(H,22,23)(H,24,25). The van der Waals surface area contributed by atoms with Crippen LogP contribution in [0.15, 0.2) is 60.8 Å². The Kier molecular flexibility index (Phi) is 5.61. The van der Waals surface area contributed by atoms with Crippen LogP contribution in [-0.4, -0.2) is 18.0 Å². The molecule has 132 valence electrons. The third-order valence-electron chi connectivity index (χ3n) is 3.57. The first-order valence-corrected chi connectivity index (χ1v) is 8.44. The molecule has 3 aromatic rings. The summed E-state index contributed by atoms with van der Waals surface area (Å²) >= 11 is 11.9. The van der Waals surface area contributed by atoms with Gasteiger partial charge in [0.1, 0.15) is 11.6 Å². The molecular weight excluding hydrogens is 373 g/mol. The van der Waals surface area contributed by atoms with Gasteiger partial charge in [0.25, 0.3) is 5.91 Å². The number of benzene rings is 2. The van der Waals surface area contributed by atoms with Crippen molar-refractivity contribution in [2.45, 2.75) is 0 Å². The third kappa shape index (κ3) is 4.45. The molecule has 0 atom stereocenters. The number of anilines is 3. The van der Waals surface area contributed by atoms with Gasteiger partial charge in [0, 0.05) is 16.9 Å². The van der Waals surface area contributed by atoms with Crippen LogP contribution in [0, 0.1) is 0 Å². The fraction of sp³-hybridized carbons (Fsp3) is 0.0526. The summed E-state index contributed by atoms with van der Waals surface area (Å²) in [6.45, 7) is 0. The highest BCUT2D eigenvalue weighted by molar-refractivity contribution is 6.36. The molecule has 0 saturated carbocycles. The fourth-order valence-electron chi connectivity index (χ4n) is 2.21. The molecule has 1 amide bonds. The maximum atomic E-state index is 12.3. The Labute approximate surface area is 160 Å². The minimum absolute atomic E-state index is 0.308. The van der Waals surface area contributed by atoms with Crippen molar-refractivity contribution in [1.29, 1.82) is 0 Å². The molecule has 7 heteroatoms. The monoisotopic (exact) mass is 387 g/mol. The van der Waals surface area contributed by atoms with Crippen molar-refractivity contribution in [1.82, 2.24) is 4.98 Å². The van der Waals surface area contributed by atoms with E-state index in [0.717, 1.165) is 11.4 Å². The van der Waals surface area contributed by atoms with Crippen molar-refractivity contribution in [2.24, 2.45) is 0 Å². The van der Waals surface area contributed by atoms with E-state index in [-0.39, 0.29) is 5.91 Å². The zero-order chi connectivity index (χ0) is 18.5. The van der Waals surface area contributed by atoms with Gasteiger partial charge in [0.15, 0.2) is 0 Å². The quantitative estimate of drug-likeness (QED) is 0.615. The Bertz CT molecular complexity index is 913. The highest BCUT2D eigenvalue weighted by atomic mass is 35.5. The summed E-state index contributed by atoms with van der Waals surface area (Å²) in [5, 5.41) is 6.76. The number of hydrogen-bond acceptors (Lipinski definition) is 4. The Hall–Kier alpha value is -2.76.